The second-order valence-electron chi connectivity index (χ2n) is 4.54. The molecule has 0 rings (SSSR count). The van der Waals surface area contributed by atoms with Gasteiger partial charge in [0.15, 0.2) is 0 Å². The van der Waals surface area contributed by atoms with Crippen LogP contribution < -0.4 is 5.11 Å². The van der Waals surface area contributed by atoms with Gasteiger partial charge in [0.25, 0.3) is 5.09 Å². The summed E-state index contributed by atoms with van der Waals surface area (Å²) < 4.78 is 4.86. The van der Waals surface area contributed by atoms with Crippen molar-refractivity contribution in [2.45, 2.75) is 39.5 Å². The summed E-state index contributed by atoms with van der Waals surface area (Å²) in [7, 11) is 2.78. The molecule has 0 unspecified atom stereocenters. The number of hydrogen-bond donors (Lipinski definition) is 0. The van der Waals surface area contributed by atoms with Crippen molar-refractivity contribution in [3.8, 4) is 0 Å². The molecule has 8 nitrogen and oxygen atoms in total. The Balaban J connectivity index is 3.83. The van der Waals surface area contributed by atoms with Gasteiger partial charge in [-0.05, 0) is 24.7 Å². The Kier molecular flexibility index (Phi) is 13.7. The summed E-state index contributed by atoms with van der Waals surface area (Å²) in [4.78, 5) is 29.0. The molecule has 0 aromatic carbocycles. The predicted molar refractivity (Wildman–Crippen MR) is 90.0 cm³/mol. The van der Waals surface area contributed by atoms with Crippen molar-refractivity contribution >= 4 is 33.6 Å². The van der Waals surface area contributed by atoms with Crippen molar-refractivity contribution in [1.29, 1.82) is 0 Å². The van der Waals surface area contributed by atoms with Crippen molar-refractivity contribution in [3.05, 3.63) is 10.1 Å². The molecule has 0 spiro atoms. The fourth-order valence-electron chi connectivity index (χ4n) is 1.73. The highest BCUT2D eigenvalue weighted by Gasteiger charge is 2.09. The molecular formula is C13H23N2O6S2-. The molecule has 0 fully saturated rings. The topological polar surface area (TPSA) is 114 Å². The molecule has 0 saturated carbocycles. The molecule has 0 aliphatic carbocycles. The second-order valence-corrected chi connectivity index (χ2v) is 7.24. The van der Waals surface area contributed by atoms with Gasteiger partial charge < -0.3 is 14.7 Å². The normalized spacial score (nSPS) is 11.5. The van der Waals surface area contributed by atoms with Crippen molar-refractivity contribution in [3.63, 3.8) is 0 Å². The number of carbonyl (C=O) groups is 1. The van der Waals surface area contributed by atoms with Gasteiger partial charge in [-0.3, -0.25) is 0 Å². The summed E-state index contributed by atoms with van der Waals surface area (Å²) in [5.41, 5.74) is 0. The average Bonchev–Trinajstić information content (AvgIpc) is 2.49. The SMILES string of the molecule is CCCC(CCC)/C([O-])=N/C(=O)OCCSSCCO[N+](=O)[O-]. The van der Waals surface area contributed by atoms with Crippen LogP contribution in [-0.4, -0.2) is 41.8 Å². The minimum atomic E-state index is -0.852. The number of hydrogen-bond acceptors (Lipinski definition) is 8. The van der Waals surface area contributed by atoms with Crippen LogP contribution in [0.15, 0.2) is 4.99 Å². The number of ether oxygens (including phenoxy) is 1. The summed E-state index contributed by atoms with van der Waals surface area (Å²) in [6, 6.07) is 0. The Hall–Kier alpha value is -1.16. The summed E-state index contributed by atoms with van der Waals surface area (Å²) in [6.07, 6.45) is 2.34. The standard InChI is InChI=1S/C13H24N2O6S2/c1-3-5-11(6-4-2)12(16)14-13(17)20-7-9-22-23-10-8-21-15(18)19/h11H,3-10H2,1-2H3,(H,14,16,17)/p-1. The van der Waals surface area contributed by atoms with Crippen LogP contribution >= 0.6 is 21.6 Å². The zero-order valence-corrected chi connectivity index (χ0v) is 15.0. The van der Waals surface area contributed by atoms with Gasteiger partial charge in [0.2, 0.25) is 0 Å². The first-order chi connectivity index (χ1) is 11.0. The lowest BCUT2D eigenvalue weighted by Crippen LogP contribution is -2.29. The molecule has 0 aliphatic heterocycles. The Morgan fingerprint density at radius 1 is 1.17 bits per heavy atom. The number of aliphatic imine (C=N–C) groups is 1. The Bertz CT molecular complexity index is 375. The highest BCUT2D eigenvalue weighted by Crippen LogP contribution is 2.20. The highest BCUT2D eigenvalue weighted by atomic mass is 33.1. The minimum Gasteiger partial charge on any atom is -0.861 e. The van der Waals surface area contributed by atoms with Gasteiger partial charge in [0, 0.05) is 11.5 Å². The molecule has 0 aromatic heterocycles. The first-order valence-electron chi connectivity index (χ1n) is 7.45. The molecule has 0 saturated heterocycles. The molecule has 0 aliphatic rings. The maximum atomic E-state index is 11.8. The predicted octanol–water partition coefficient (Wildman–Crippen LogP) is 2.69. The van der Waals surface area contributed by atoms with Crippen molar-refractivity contribution < 1.29 is 24.6 Å². The second kappa shape index (κ2) is 14.4. The largest absolute Gasteiger partial charge is 0.861 e. The van der Waals surface area contributed by atoms with Crippen molar-refractivity contribution in [1.82, 2.24) is 0 Å². The smallest absolute Gasteiger partial charge is 0.432 e. The molecule has 0 heterocycles. The Labute approximate surface area is 143 Å². The van der Waals surface area contributed by atoms with Crippen molar-refractivity contribution in [2.75, 3.05) is 24.7 Å². The molecule has 1 amide bonds. The van der Waals surface area contributed by atoms with E-state index in [1.165, 1.54) is 21.6 Å². The van der Waals surface area contributed by atoms with Gasteiger partial charge in [0.05, 0.1) is 0 Å². The van der Waals surface area contributed by atoms with Crippen LogP contribution in [0.5, 0.6) is 0 Å². The van der Waals surface area contributed by atoms with Crippen LogP contribution in [0.3, 0.4) is 0 Å². The van der Waals surface area contributed by atoms with Crippen LogP contribution in [-0.2, 0) is 9.57 Å². The van der Waals surface area contributed by atoms with Gasteiger partial charge in [-0.15, -0.1) is 10.1 Å². The maximum absolute atomic E-state index is 11.8. The minimum absolute atomic E-state index is 0.0184. The zero-order chi connectivity index (χ0) is 17.5. The van der Waals surface area contributed by atoms with E-state index in [2.05, 4.69) is 9.83 Å². The molecule has 0 N–H and O–H groups in total. The van der Waals surface area contributed by atoms with E-state index in [1.807, 2.05) is 13.8 Å². The van der Waals surface area contributed by atoms with Crippen LogP contribution in [0.2, 0.25) is 0 Å². The summed E-state index contributed by atoms with van der Waals surface area (Å²) in [5.74, 6) is 0.353. The fraction of sp³-hybridized carbons (Fsp3) is 0.846. The lowest BCUT2D eigenvalue weighted by atomic mass is 9.98. The number of rotatable bonds is 13. The third-order valence-corrected chi connectivity index (χ3v) is 5.00. The van der Waals surface area contributed by atoms with Gasteiger partial charge in [0.1, 0.15) is 13.2 Å². The van der Waals surface area contributed by atoms with Crippen LogP contribution in [0.1, 0.15) is 39.5 Å². The molecule has 0 atom stereocenters. The number of nitrogens with zero attached hydrogens (tertiary/aromatic N) is 2. The molecular weight excluding hydrogens is 344 g/mol. The lowest BCUT2D eigenvalue weighted by Gasteiger charge is -2.21. The van der Waals surface area contributed by atoms with Gasteiger partial charge in [-0.25, -0.2) is 4.79 Å². The van der Waals surface area contributed by atoms with E-state index in [0.29, 0.717) is 11.5 Å². The quantitative estimate of drug-likeness (QED) is 0.122. The summed E-state index contributed by atoms with van der Waals surface area (Å²) >= 11 is 0. The Morgan fingerprint density at radius 3 is 2.26 bits per heavy atom. The average molecular weight is 367 g/mol. The monoisotopic (exact) mass is 367 g/mol. The number of carbonyl (C=O) groups excluding carboxylic acids is 1. The molecule has 0 radical (unpaired) electrons. The molecule has 0 bridgehead atoms. The fourth-order valence-corrected chi connectivity index (χ4v) is 3.37. The van der Waals surface area contributed by atoms with E-state index in [4.69, 9.17) is 4.74 Å². The van der Waals surface area contributed by atoms with E-state index in [0.717, 1.165) is 25.7 Å². The third-order valence-electron chi connectivity index (χ3n) is 2.66. The Morgan fingerprint density at radius 2 is 1.74 bits per heavy atom. The van der Waals surface area contributed by atoms with E-state index < -0.39 is 17.1 Å². The number of amides is 1. The van der Waals surface area contributed by atoms with E-state index in [1.54, 1.807) is 0 Å². The van der Waals surface area contributed by atoms with E-state index in [9.17, 15) is 20.0 Å². The van der Waals surface area contributed by atoms with Crippen molar-refractivity contribution in [2.24, 2.45) is 10.9 Å². The van der Waals surface area contributed by atoms with Gasteiger partial charge in [-0.2, -0.15) is 4.99 Å². The third kappa shape index (κ3) is 13.0. The first-order valence-corrected chi connectivity index (χ1v) is 9.94. The summed E-state index contributed by atoms with van der Waals surface area (Å²) in [6.45, 7) is 4.12. The molecule has 134 valence electrons. The van der Waals surface area contributed by atoms with E-state index in [-0.39, 0.29) is 19.1 Å². The zero-order valence-electron chi connectivity index (χ0n) is 13.4. The molecule has 10 heteroatoms. The maximum Gasteiger partial charge on any atom is 0.432 e. The van der Waals surface area contributed by atoms with Crippen LogP contribution in [0, 0.1) is 16.0 Å². The van der Waals surface area contributed by atoms with Crippen LogP contribution in [0.25, 0.3) is 0 Å². The first kappa shape index (κ1) is 21.8. The van der Waals surface area contributed by atoms with Gasteiger partial charge >= 0.3 is 6.09 Å². The van der Waals surface area contributed by atoms with Gasteiger partial charge in [-0.1, -0.05) is 48.3 Å². The lowest BCUT2D eigenvalue weighted by molar-refractivity contribution is -0.756. The van der Waals surface area contributed by atoms with Crippen LogP contribution in [0.4, 0.5) is 4.79 Å². The summed E-state index contributed by atoms with van der Waals surface area (Å²) in [5, 5.41) is 20.9. The van der Waals surface area contributed by atoms with E-state index >= 15 is 0 Å². The molecule has 0 aromatic rings. The highest BCUT2D eigenvalue weighted by molar-refractivity contribution is 8.76. The molecule has 23 heavy (non-hydrogen) atoms.